The number of aliphatic hydroxyl groups excluding tert-OH is 1. The van der Waals surface area contributed by atoms with E-state index in [2.05, 4.69) is 0 Å². The summed E-state index contributed by atoms with van der Waals surface area (Å²) in [5, 5.41) is 17.2. The van der Waals surface area contributed by atoms with Crippen LogP contribution in [-0.2, 0) is 4.79 Å². The summed E-state index contributed by atoms with van der Waals surface area (Å²) in [6.45, 7) is 1.96. The molecule has 0 fully saturated rings. The smallest absolute Gasteiger partial charge is 0.330 e. The molecule has 3 heteroatoms. The Labute approximate surface area is 105 Å². The first-order chi connectivity index (χ1) is 8.18. The van der Waals surface area contributed by atoms with Crippen LogP contribution in [0.15, 0.2) is 11.6 Å². The van der Waals surface area contributed by atoms with Crippen LogP contribution in [0.5, 0.6) is 0 Å². The molecule has 0 rings (SSSR count). The Morgan fingerprint density at radius 2 is 1.41 bits per heavy atom. The van der Waals surface area contributed by atoms with Crippen molar-refractivity contribution < 1.29 is 15.0 Å². The number of aliphatic hydroxyl groups is 1. The molecule has 0 amide bonds. The Bertz CT molecular complexity index is 222. The van der Waals surface area contributed by atoms with Crippen LogP contribution in [0.3, 0.4) is 0 Å². The summed E-state index contributed by atoms with van der Waals surface area (Å²) < 4.78 is 0. The zero-order valence-electron chi connectivity index (χ0n) is 11.0. The number of allylic oxidation sites excluding steroid dienone is 1. The van der Waals surface area contributed by atoms with E-state index >= 15 is 0 Å². The molecule has 0 aromatic rings. The molecule has 0 radical (unpaired) electrons. The van der Waals surface area contributed by atoms with Crippen molar-refractivity contribution in [1.29, 1.82) is 0 Å². The minimum Gasteiger partial charge on any atom is -0.478 e. The zero-order chi connectivity index (χ0) is 12.9. The van der Waals surface area contributed by atoms with E-state index in [1.165, 1.54) is 32.1 Å². The molecule has 0 saturated carbocycles. The highest BCUT2D eigenvalue weighted by molar-refractivity contribution is 5.85. The van der Waals surface area contributed by atoms with Crippen LogP contribution >= 0.6 is 0 Å². The van der Waals surface area contributed by atoms with Crippen LogP contribution in [0.25, 0.3) is 0 Å². The Morgan fingerprint density at radius 3 is 1.88 bits per heavy atom. The van der Waals surface area contributed by atoms with E-state index in [1.807, 2.05) is 6.08 Å². The molecule has 0 aromatic heterocycles. The average molecular weight is 242 g/mol. The van der Waals surface area contributed by atoms with E-state index in [1.54, 1.807) is 6.92 Å². The maximum atomic E-state index is 10.5. The van der Waals surface area contributed by atoms with Crippen LogP contribution in [0.4, 0.5) is 0 Å². The molecule has 2 N–H and O–H groups in total. The molecule has 0 aliphatic carbocycles. The van der Waals surface area contributed by atoms with Gasteiger partial charge in [-0.25, -0.2) is 4.79 Å². The third-order valence-corrected chi connectivity index (χ3v) is 2.90. The number of aliphatic carboxylic acids is 1. The number of hydrogen-bond donors (Lipinski definition) is 2. The molecule has 0 bridgehead atoms. The molecule has 0 heterocycles. The zero-order valence-corrected chi connectivity index (χ0v) is 11.0. The average Bonchev–Trinajstić information content (AvgIpc) is 2.31. The molecule has 0 unspecified atom stereocenters. The van der Waals surface area contributed by atoms with Crippen LogP contribution in [0.1, 0.15) is 64.7 Å². The summed E-state index contributed by atoms with van der Waals surface area (Å²) in [7, 11) is 0. The fourth-order valence-electron chi connectivity index (χ4n) is 1.72. The lowest BCUT2D eigenvalue weighted by atomic mass is 10.1. The summed E-state index contributed by atoms with van der Waals surface area (Å²) >= 11 is 0. The summed E-state index contributed by atoms with van der Waals surface area (Å²) in [5.41, 5.74) is 0.453. The van der Waals surface area contributed by atoms with Gasteiger partial charge in [-0.2, -0.15) is 0 Å². The fraction of sp³-hybridized carbons (Fsp3) is 0.786. The van der Waals surface area contributed by atoms with E-state index in [9.17, 15) is 4.79 Å². The Balaban J connectivity index is 3.19. The van der Waals surface area contributed by atoms with E-state index in [4.69, 9.17) is 10.2 Å². The van der Waals surface area contributed by atoms with E-state index in [-0.39, 0.29) is 0 Å². The van der Waals surface area contributed by atoms with Crippen LogP contribution in [0.2, 0.25) is 0 Å². The van der Waals surface area contributed by atoms with Crippen LogP contribution < -0.4 is 0 Å². The molecule has 0 atom stereocenters. The van der Waals surface area contributed by atoms with Crippen molar-refractivity contribution in [3.05, 3.63) is 11.6 Å². The van der Waals surface area contributed by atoms with Gasteiger partial charge in [-0.05, 0) is 26.2 Å². The van der Waals surface area contributed by atoms with Crippen molar-refractivity contribution in [2.75, 3.05) is 6.61 Å². The van der Waals surface area contributed by atoms with Gasteiger partial charge in [0.15, 0.2) is 0 Å². The monoisotopic (exact) mass is 242 g/mol. The minimum absolute atomic E-state index is 0.315. The SMILES string of the molecule is C/C(=C\CCCCCCCCCCO)C(=O)O. The molecular weight excluding hydrogens is 216 g/mol. The van der Waals surface area contributed by atoms with Crippen LogP contribution in [-0.4, -0.2) is 22.8 Å². The molecule has 100 valence electrons. The Morgan fingerprint density at radius 1 is 0.941 bits per heavy atom. The Kier molecular flexibility index (Phi) is 11.1. The molecule has 0 spiro atoms. The van der Waals surface area contributed by atoms with Crippen molar-refractivity contribution in [3.8, 4) is 0 Å². The Hall–Kier alpha value is -0.830. The van der Waals surface area contributed by atoms with Gasteiger partial charge in [0.1, 0.15) is 0 Å². The van der Waals surface area contributed by atoms with E-state index in [0.717, 1.165) is 25.7 Å². The van der Waals surface area contributed by atoms with Gasteiger partial charge in [-0.1, -0.05) is 44.6 Å². The minimum atomic E-state index is -0.811. The molecular formula is C14H26O3. The predicted molar refractivity (Wildman–Crippen MR) is 70.0 cm³/mol. The lowest BCUT2D eigenvalue weighted by molar-refractivity contribution is -0.132. The van der Waals surface area contributed by atoms with E-state index in [0.29, 0.717) is 12.2 Å². The van der Waals surface area contributed by atoms with Gasteiger partial charge in [0.2, 0.25) is 0 Å². The largest absolute Gasteiger partial charge is 0.478 e. The number of carbonyl (C=O) groups is 1. The lowest BCUT2D eigenvalue weighted by Gasteiger charge is -2.00. The van der Waals surface area contributed by atoms with Crippen molar-refractivity contribution in [2.24, 2.45) is 0 Å². The van der Waals surface area contributed by atoms with Crippen LogP contribution in [0, 0.1) is 0 Å². The van der Waals surface area contributed by atoms with Gasteiger partial charge in [0, 0.05) is 12.2 Å². The van der Waals surface area contributed by atoms with Gasteiger partial charge < -0.3 is 10.2 Å². The molecule has 0 aliphatic heterocycles. The topological polar surface area (TPSA) is 57.5 Å². The fourth-order valence-corrected chi connectivity index (χ4v) is 1.72. The third-order valence-electron chi connectivity index (χ3n) is 2.90. The second kappa shape index (κ2) is 11.6. The lowest BCUT2D eigenvalue weighted by Crippen LogP contribution is -1.95. The first-order valence-corrected chi connectivity index (χ1v) is 6.69. The second-order valence-electron chi connectivity index (χ2n) is 4.53. The molecule has 0 aliphatic rings. The second-order valence-corrected chi connectivity index (χ2v) is 4.53. The number of rotatable bonds is 11. The summed E-state index contributed by atoms with van der Waals surface area (Å²) in [6.07, 6.45) is 12.0. The standard InChI is InChI=1S/C14H26O3/c1-13(14(16)17)11-9-7-5-3-2-4-6-8-10-12-15/h11,15H,2-10,12H2,1H3,(H,16,17)/b13-11+. The van der Waals surface area contributed by atoms with Crippen molar-refractivity contribution in [3.63, 3.8) is 0 Å². The molecule has 3 nitrogen and oxygen atoms in total. The van der Waals surface area contributed by atoms with Gasteiger partial charge in [0.05, 0.1) is 0 Å². The van der Waals surface area contributed by atoms with Crippen molar-refractivity contribution >= 4 is 5.97 Å². The van der Waals surface area contributed by atoms with Gasteiger partial charge >= 0.3 is 5.97 Å². The first-order valence-electron chi connectivity index (χ1n) is 6.69. The quantitative estimate of drug-likeness (QED) is 0.430. The molecule has 0 aromatic carbocycles. The van der Waals surface area contributed by atoms with Gasteiger partial charge in [-0.3, -0.25) is 0 Å². The highest BCUT2D eigenvalue weighted by Crippen LogP contribution is 2.10. The van der Waals surface area contributed by atoms with Crippen molar-refractivity contribution in [1.82, 2.24) is 0 Å². The highest BCUT2D eigenvalue weighted by Gasteiger charge is 1.97. The number of carboxylic acid groups (broad SMARTS) is 1. The maximum Gasteiger partial charge on any atom is 0.330 e. The molecule has 17 heavy (non-hydrogen) atoms. The maximum absolute atomic E-state index is 10.5. The molecule has 0 saturated heterocycles. The van der Waals surface area contributed by atoms with E-state index < -0.39 is 5.97 Å². The normalized spacial score (nSPS) is 11.8. The van der Waals surface area contributed by atoms with Gasteiger partial charge in [0.25, 0.3) is 0 Å². The number of unbranched alkanes of at least 4 members (excludes halogenated alkanes) is 8. The van der Waals surface area contributed by atoms with Crippen molar-refractivity contribution in [2.45, 2.75) is 64.7 Å². The third kappa shape index (κ3) is 11.4. The number of hydrogen-bond acceptors (Lipinski definition) is 2. The first kappa shape index (κ1) is 16.2. The summed E-state index contributed by atoms with van der Waals surface area (Å²) in [4.78, 5) is 10.5. The predicted octanol–water partition coefficient (Wildman–Crippen LogP) is 3.52. The summed E-state index contributed by atoms with van der Waals surface area (Å²) in [5.74, 6) is -0.811. The summed E-state index contributed by atoms with van der Waals surface area (Å²) in [6, 6.07) is 0. The van der Waals surface area contributed by atoms with Gasteiger partial charge in [-0.15, -0.1) is 0 Å². The highest BCUT2D eigenvalue weighted by atomic mass is 16.4. The number of carboxylic acids is 1.